The number of hydrogen-bond donors (Lipinski definition) is 0. The van der Waals surface area contributed by atoms with Crippen molar-refractivity contribution in [3.8, 4) is 0 Å². The molecule has 0 aliphatic heterocycles. The van der Waals surface area contributed by atoms with Crippen LogP contribution in [0.3, 0.4) is 0 Å². The van der Waals surface area contributed by atoms with Crippen LogP contribution in [0, 0.1) is 5.82 Å². The molecule has 0 aliphatic carbocycles. The van der Waals surface area contributed by atoms with Crippen molar-refractivity contribution < 1.29 is 18.7 Å². The van der Waals surface area contributed by atoms with Crippen LogP contribution in [0.25, 0.3) is 6.08 Å². The number of halogens is 2. The fourth-order valence-electron chi connectivity index (χ4n) is 1.35. The molecule has 0 aromatic heterocycles. The Kier molecular flexibility index (Phi) is 5.70. The van der Waals surface area contributed by atoms with Gasteiger partial charge in [-0.1, -0.05) is 24.6 Å². The lowest BCUT2D eigenvalue weighted by molar-refractivity contribution is -0.140. The Morgan fingerprint density at radius 1 is 1.42 bits per heavy atom. The summed E-state index contributed by atoms with van der Waals surface area (Å²) < 4.78 is 17.8. The van der Waals surface area contributed by atoms with E-state index in [-0.39, 0.29) is 17.2 Å². The van der Waals surface area contributed by atoms with E-state index in [1.165, 1.54) is 25.1 Å². The van der Waals surface area contributed by atoms with Gasteiger partial charge in [0.2, 0.25) is 0 Å². The van der Waals surface area contributed by atoms with E-state index in [2.05, 4.69) is 0 Å². The zero-order chi connectivity index (χ0) is 14.4. The van der Waals surface area contributed by atoms with Gasteiger partial charge in [0, 0.05) is 0 Å². The van der Waals surface area contributed by atoms with Crippen molar-refractivity contribution in [1.29, 1.82) is 0 Å². The number of Topliss-reactive ketones (excluding diaryl/α,β-unsaturated/α-hetero) is 1. The molecule has 0 radical (unpaired) electrons. The molecule has 0 spiro atoms. The third-order valence-electron chi connectivity index (χ3n) is 2.30. The lowest BCUT2D eigenvalue weighted by Gasteiger charge is -2.05. The van der Waals surface area contributed by atoms with Gasteiger partial charge in [0.1, 0.15) is 11.4 Å². The Labute approximate surface area is 116 Å². The van der Waals surface area contributed by atoms with Crippen molar-refractivity contribution in [1.82, 2.24) is 0 Å². The molecule has 0 fully saturated rings. The van der Waals surface area contributed by atoms with Crippen LogP contribution in [0.15, 0.2) is 23.8 Å². The smallest absolute Gasteiger partial charge is 0.341 e. The summed E-state index contributed by atoms with van der Waals surface area (Å²) in [5.41, 5.74) is 0.281. The largest absolute Gasteiger partial charge is 0.462 e. The molecule has 102 valence electrons. The van der Waals surface area contributed by atoms with E-state index in [1.807, 2.05) is 6.92 Å². The van der Waals surface area contributed by atoms with Gasteiger partial charge in [-0.3, -0.25) is 4.79 Å². The zero-order valence-corrected chi connectivity index (χ0v) is 11.5. The maximum absolute atomic E-state index is 12.9. The van der Waals surface area contributed by atoms with Crippen LogP contribution in [0.4, 0.5) is 4.39 Å². The standard InChI is InChI=1S/C14H14ClFO3/c1-3-6-19-14(18)12(9(2)17)7-10-4-5-11(16)8-13(10)15/h4-5,7-8H,3,6H2,1-2H3/b12-7-. The van der Waals surface area contributed by atoms with Crippen LogP contribution in [-0.4, -0.2) is 18.4 Å². The van der Waals surface area contributed by atoms with Gasteiger partial charge >= 0.3 is 5.97 Å². The zero-order valence-electron chi connectivity index (χ0n) is 10.7. The molecule has 0 N–H and O–H groups in total. The summed E-state index contributed by atoms with van der Waals surface area (Å²) in [5.74, 6) is -1.61. The Hall–Kier alpha value is -1.68. The highest BCUT2D eigenvalue weighted by molar-refractivity contribution is 6.32. The number of carbonyl (C=O) groups is 2. The minimum atomic E-state index is -0.699. The number of hydrogen-bond acceptors (Lipinski definition) is 3. The van der Waals surface area contributed by atoms with E-state index in [9.17, 15) is 14.0 Å². The summed E-state index contributed by atoms with van der Waals surface area (Å²) in [6, 6.07) is 3.71. The Morgan fingerprint density at radius 2 is 2.11 bits per heavy atom. The number of ketones is 1. The summed E-state index contributed by atoms with van der Waals surface area (Å²) in [7, 11) is 0. The Balaban J connectivity index is 3.07. The summed E-state index contributed by atoms with van der Waals surface area (Å²) in [4.78, 5) is 23.1. The average molecular weight is 285 g/mol. The van der Waals surface area contributed by atoms with Crippen molar-refractivity contribution >= 4 is 29.4 Å². The predicted molar refractivity (Wildman–Crippen MR) is 71.3 cm³/mol. The van der Waals surface area contributed by atoms with Crippen LogP contribution < -0.4 is 0 Å². The first-order valence-corrected chi connectivity index (χ1v) is 6.18. The third-order valence-corrected chi connectivity index (χ3v) is 2.63. The minimum Gasteiger partial charge on any atom is -0.462 e. The first-order valence-electron chi connectivity index (χ1n) is 5.80. The highest BCUT2D eigenvalue weighted by Gasteiger charge is 2.16. The van der Waals surface area contributed by atoms with Crippen LogP contribution in [-0.2, 0) is 14.3 Å². The first kappa shape index (κ1) is 15.4. The van der Waals surface area contributed by atoms with Crippen LogP contribution in [0.1, 0.15) is 25.8 Å². The average Bonchev–Trinajstić information content (AvgIpc) is 2.34. The minimum absolute atomic E-state index is 0.109. The molecule has 1 aromatic rings. The maximum Gasteiger partial charge on any atom is 0.341 e. The number of benzene rings is 1. The van der Waals surface area contributed by atoms with Crippen molar-refractivity contribution in [3.05, 3.63) is 40.2 Å². The highest BCUT2D eigenvalue weighted by atomic mass is 35.5. The second-order valence-electron chi connectivity index (χ2n) is 3.92. The van der Waals surface area contributed by atoms with Gasteiger partial charge in [-0.15, -0.1) is 0 Å². The maximum atomic E-state index is 12.9. The molecule has 3 nitrogen and oxygen atoms in total. The molecule has 0 amide bonds. The normalized spacial score (nSPS) is 11.3. The van der Waals surface area contributed by atoms with Crippen molar-refractivity contribution in [2.45, 2.75) is 20.3 Å². The van der Waals surface area contributed by atoms with Crippen molar-refractivity contribution in [2.75, 3.05) is 6.61 Å². The van der Waals surface area contributed by atoms with E-state index in [0.29, 0.717) is 12.0 Å². The lowest BCUT2D eigenvalue weighted by atomic mass is 10.1. The third kappa shape index (κ3) is 4.48. The van der Waals surface area contributed by atoms with Gasteiger partial charge in [0.05, 0.1) is 11.6 Å². The number of rotatable bonds is 5. The Morgan fingerprint density at radius 3 is 2.63 bits per heavy atom. The van der Waals surface area contributed by atoms with Gasteiger partial charge in [-0.25, -0.2) is 9.18 Å². The highest BCUT2D eigenvalue weighted by Crippen LogP contribution is 2.20. The van der Waals surface area contributed by atoms with Crippen LogP contribution in [0.5, 0.6) is 0 Å². The molecule has 0 heterocycles. The molecule has 1 aromatic carbocycles. The SMILES string of the molecule is CCCOC(=O)/C(=C\c1ccc(F)cc1Cl)C(C)=O. The number of carbonyl (C=O) groups excluding carboxylic acids is 2. The second-order valence-corrected chi connectivity index (χ2v) is 4.32. The molecule has 0 aliphatic rings. The number of esters is 1. The molecular formula is C14H14ClFO3. The summed E-state index contributed by atoms with van der Waals surface area (Å²) in [5, 5.41) is 0.127. The molecule has 0 bridgehead atoms. The number of ether oxygens (including phenoxy) is 1. The molecule has 19 heavy (non-hydrogen) atoms. The molecule has 1 rings (SSSR count). The lowest BCUT2D eigenvalue weighted by Crippen LogP contribution is -2.14. The van der Waals surface area contributed by atoms with Gasteiger partial charge in [-0.2, -0.15) is 0 Å². The summed E-state index contributed by atoms with van der Waals surface area (Å²) >= 11 is 5.84. The molecule has 0 unspecified atom stereocenters. The van der Waals surface area contributed by atoms with Gasteiger partial charge in [-0.05, 0) is 37.1 Å². The monoisotopic (exact) mass is 284 g/mol. The molecule has 5 heteroatoms. The van der Waals surface area contributed by atoms with Gasteiger partial charge in [0.25, 0.3) is 0 Å². The molecule has 0 atom stereocenters. The van der Waals surface area contributed by atoms with E-state index < -0.39 is 17.6 Å². The molecule has 0 saturated carbocycles. The molecular weight excluding hydrogens is 271 g/mol. The van der Waals surface area contributed by atoms with Crippen molar-refractivity contribution in [3.63, 3.8) is 0 Å². The quantitative estimate of drug-likeness (QED) is 0.360. The van der Waals surface area contributed by atoms with Crippen LogP contribution in [0.2, 0.25) is 5.02 Å². The van der Waals surface area contributed by atoms with Crippen molar-refractivity contribution in [2.24, 2.45) is 0 Å². The predicted octanol–water partition coefficient (Wildman–Crippen LogP) is 3.40. The van der Waals surface area contributed by atoms with E-state index in [4.69, 9.17) is 16.3 Å². The first-order chi connectivity index (χ1) is 8.95. The van der Waals surface area contributed by atoms with Crippen LogP contribution >= 0.6 is 11.6 Å². The van der Waals surface area contributed by atoms with Gasteiger partial charge in [0.15, 0.2) is 5.78 Å². The van der Waals surface area contributed by atoms with E-state index in [1.54, 1.807) is 0 Å². The fourth-order valence-corrected chi connectivity index (χ4v) is 1.57. The van der Waals surface area contributed by atoms with E-state index >= 15 is 0 Å². The fraction of sp³-hybridized carbons (Fsp3) is 0.286. The van der Waals surface area contributed by atoms with E-state index in [0.717, 1.165) is 6.07 Å². The Bertz CT molecular complexity index is 523. The summed E-state index contributed by atoms with van der Waals surface area (Å²) in [6.45, 7) is 3.35. The summed E-state index contributed by atoms with van der Waals surface area (Å²) in [6.07, 6.45) is 1.97. The topological polar surface area (TPSA) is 43.4 Å². The van der Waals surface area contributed by atoms with Gasteiger partial charge < -0.3 is 4.74 Å². The molecule has 0 saturated heterocycles. The second kappa shape index (κ2) is 7.04.